The van der Waals surface area contributed by atoms with E-state index >= 15 is 0 Å². The first-order valence-electron chi connectivity index (χ1n) is 15.2. The highest BCUT2D eigenvalue weighted by molar-refractivity contribution is 5.78. The minimum absolute atomic E-state index is 0.0383. The maximum Gasteiger partial charge on any atom is 0.224 e. The summed E-state index contributed by atoms with van der Waals surface area (Å²) >= 11 is 0. The number of ether oxygens (including phenoxy) is 3. The van der Waals surface area contributed by atoms with E-state index in [9.17, 15) is 9.18 Å². The van der Waals surface area contributed by atoms with Crippen molar-refractivity contribution >= 4 is 16.9 Å². The van der Waals surface area contributed by atoms with Crippen LogP contribution in [0.5, 0.6) is 11.5 Å². The zero-order valence-corrected chi connectivity index (χ0v) is 24.6. The molecule has 2 atom stereocenters. The number of hydrogen-bond donors (Lipinski definition) is 1. The van der Waals surface area contributed by atoms with Gasteiger partial charge in [0, 0.05) is 51.7 Å². The lowest BCUT2D eigenvalue weighted by Gasteiger charge is -2.33. The molecule has 0 unspecified atom stereocenters. The normalized spacial score (nSPS) is 17.3. The molecule has 1 amide bonds. The van der Waals surface area contributed by atoms with Crippen LogP contribution in [-0.4, -0.2) is 66.4 Å². The maximum absolute atomic E-state index is 14.6. The lowest BCUT2D eigenvalue weighted by Crippen LogP contribution is -2.42. The number of imidazole rings is 1. The lowest BCUT2D eigenvalue weighted by atomic mass is 9.95. The molecule has 226 valence electrons. The van der Waals surface area contributed by atoms with Crippen molar-refractivity contribution in [3.8, 4) is 22.6 Å². The van der Waals surface area contributed by atoms with E-state index in [2.05, 4.69) is 28.8 Å². The highest BCUT2D eigenvalue weighted by Crippen LogP contribution is 2.35. The van der Waals surface area contributed by atoms with E-state index in [-0.39, 0.29) is 30.1 Å². The van der Waals surface area contributed by atoms with Gasteiger partial charge < -0.3 is 29.4 Å². The molecule has 1 saturated heterocycles. The van der Waals surface area contributed by atoms with E-state index < -0.39 is 0 Å². The number of fused-ring (bicyclic) bond motifs is 2. The predicted molar refractivity (Wildman–Crippen MR) is 164 cm³/mol. The second-order valence-electron chi connectivity index (χ2n) is 11.5. The van der Waals surface area contributed by atoms with Crippen LogP contribution in [0.4, 0.5) is 4.39 Å². The van der Waals surface area contributed by atoms with E-state index in [0.29, 0.717) is 51.4 Å². The largest absolute Gasteiger partial charge is 0.486 e. The molecular weight excluding hydrogens is 547 g/mol. The summed E-state index contributed by atoms with van der Waals surface area (Å²) in [5.41, 5.74) is 10.9. The Morgan fingerprint density at radius 3 is 2.70 bits per heavy atom. The molecule has 3 heterocycles. The summed E-state index contributed by atoms with van der Waals surface area (Å²) < 4.78 is 33.4. The number of hydrogen-bond acceptors (Lipinski definition) is 6. The van der Waals surface area contributed by atoms with Crippen molar-refractivity contribution in [2.24, 2.45) is 5.73 Å². The minimum Gasteiger partial charge on any atom is -0.486 e. The smallest absolute Gasteiger partial charge is 0.224 e. The van der Waals surface area contributed by atoms with Gasteiger partial charge in [0.25, 0.3) is 0 Å². The molecule has 6 rings (SSSR count). The highest BCUT2D eigenvalue weighted by atomic mass is 19.1. The summed E-state index contributed by atoms with van der Waals surface area (Å²) in [6.07, 6.45) is 3.46. The van der Waals surface area contributed by atoms with Gasteiger partial charge in [0.05, 0.1) is 5.52 Å². The second-order valence-corrected chi connectivity index (χ2v) is 11.5. The molecule has 1 aromatic heterocycles. The Bertz CT molecular complexity index is 1570. The highest BCUT2D eigenvalue weighted by Gasteiger charge is 2.29. The SMILES string of the molecule is COCCCn1c([C@@H]2CCCN(C(=O)C[C@H](N)Cc3ccc(-c4ccc5c(c4)OCCO5)cc3)C2)nc2c(F)cccc21. The van der Waals surface area contributed by atoms with Gasteiger partial charge in [-0.25, -0.2) is 9.37 Å². The van der Waals surface area contributed by atoms with Gasteiger partial charge in [0.1, 0.15) is 24.6 Å². The van der Waals surface area contributed by atoms with Crippen LogP contribution in [0.1, 0.15) is 43.0 Å². The van der Waals surface area contributed by atoms with Crippen molar-refractivity contribution in [1.82, 2.24) is 14.5 Å². The van der Waals surface area contributed by atoms with Crippen molar-refractivity contribution in [2.45, 2.75) is 50.6 Å². The summed E-state index contributed by atoms with van der Waals surface area (Å²) in [5, 5.41) is 0. The number of carbonyl (C=O) groups is 1. The van der Waals surface area contributed by atoms with Crippen LogP contribution < -0.4 is 15.2 Å². The molecular formula is C34H39FN4O4. The molecule has 2 aliphatic rings. The standard InChI is InChI=1S/C34H39FN4O4/c1-41-16-4-15-39-29-7-2-6-28(35)33(29)37-34(39)26-5-3-14-38(22-26)32(40)21-27(36)19-23-8-10-24(11-9-23)25-12-13-30-31(20-25)43-18-17-42-30/h2,6-13,20,26-27H,3-5,14-19,21-22,36H2,1H3/t26-,27-/m1/s1. The van der Waals surface area contributed by atoms with Gasteiger partial charge in [-0.05, 0) is 66.6 Å². The topological polar surface area (TPSA) is 91.8 Å². The van der Waals surface area contributed by atoms with Crippen molar-refractivity contribution in [1.29, 1.82) is 0 Å². The first-order valence-corrected chi connectivity index (χ1v) is 15.2. The molecule has 0 aliphatic carbocycles. The van der Waals surface area contributed by atoms with Crippen LogP contribution in [0.2, 0.25) is 0 Å². The second kappa shape index (κ2) is 13.1. The van der Waals surface area contributed by atoms with Crippen LogP contribution in [0.25, 0.3) is 22.2 Å². The Hall–Kier alpha value is -3.95. The van der Waals surface area contributed by atoms with Crippen molar-refractivity contribution < 1.29 is 23.4 Å². The Kier molecular flexibility index (Phi) is 8.90. The average molecular weight is 587 g/mol. The van der Waals surface area contributed by atoms with Crippen molar-refractivity contribution in [2.75, 3.05) is 40.0 Å². The van der Waals surface area contributed by atoms with Gasteiger partial charge in [-0.15, -0.1) is 0 Å². The van der Waals surface area contributed by atoms with Crippen LogP contribution >= 0.6 is 0 Å². The Morgan fingerprint density at radius 2 is 1.88 bits per heavy atom. The fraction of sp³-hybridized carbons (Fsp3) is 0.412. The number of piperidine rings is 1. The van der Waals surface area contributed by atoms with Gasteiger partial charge in [0.15, 0.2) is 17.3 Å². The lowest BCUT2D eigenvalue weighted by molar-refractivity contribution is -0.132. The third-order valence-corrected chi connectivity index (χ3v) is 8.39. The monoisotopic (exact) mass is 586 g/mol. The first-order chi connectivity index (χ1) is 21.0. The van der Waals surface area contributed by atoms with Crippen LogP contribution in [0.3, 0.4) is 0 Å². The van der Waals surface area contributed by atoms with Gasteiger partial charge >= 0.3 is 0 Å². The number of nitrogens with two attached hydrogens (primary N) is 1. The molecule has 1 fully saturated rings. The maximum atomic E-state index is 14.6. The van der Waals surface area contributed by atoms with E-state index in [1.807, 2.05) is 29.2 Å². The number of amides is 1. The number of para-hydroxylation sites is 1. The molecule has 8 nitrogen and oxygen atoms in total. The number of likely N-dealkylation sites (tertiary alicyclic amines) is 1. The van der Waals surface area contributed by atoms with Gasteiger partial charge in [-0.1, -0.05) is 36.4 Å². The molecule has 0 saturated carbocycles. The van der Waals surface area contributed by atoms with E-state index in [0.717, 1.165) is 58.8 Å². The summed E-state index contributed by atoms with van der Waals surface area (Å²) in [7, 11) is 1.68. The molecule has 2 aliphatic heterocycles. The first kappa shape index (κ1) is 29.1. The number of nitrogens with zero attached hydrogens (tertiary/aromatic N) is 3. The number of methoxy groups -OCH3 is 1. The summed E-state index contributed by atoms with van der Waals surface area (Å²) in [4.78, 5) is 20.0. The third kappa shape index (κ3) is 6.53. The van der Waals surface area contributed by atoms with Crippen molar-refractivity contribution in [3.05, 3.63) is 77.9 Å². The molecule has 9 heteroatoms. The average Bonchev–Trinajstić information content (AvgIpc) is 3.41. The molecule has 4 aromatic rings. The summed E-state index contributed by atoms with van der Waals surface area (Å²) in [5.74, 6) is 2.16. The molecule has 3 aromatic carbocycles. The number of aromatic nitrogens is 2. The zero-order chi connectivity index (χ0) is 29.8. The molecule has 2 N–H and O–H groups in total. The van der Waals surface area contributed by atoms with Gasteiger partial charge in [-0.2, -0.15) is 0 Å². The number of carbonyl (C=O) groups excluding carboxylic acids is 1. The number of rotatable bonds is 10. The molecule has 0 bridgehead atoms. The number of aryl methyl sites for hydroxylation is 1. The summed E-state index contributed by atoms with van der Waals surface area (Å²) in [6, 6.07) is 19.1. The van der Waals surface area contributed by atoms with Gasteiger partial charge in [-0.3, -0.25) is 4.79 Å². The van der Waals surface area contributed by atoms with Crippen molar-refractivity contribution in [3.63, 3.8) is 0 Å². The van der Waals surface area contributed by atoms with E-state index in [1.165, 1.54) is 6.07 Å². The Balaban J connectivity index is 1.08. The minimum atomic E-state index is -0.321. The van der Waals surface area contributed by atoms with Crippen LogP contribution in [0, 0.1) is 5.82 Å². The predicted octanol–water partition coefficient (Wildman–Crippen LogP) is 5.32. The fourth-order valence-corrected chi connectivity index (χ4v) is 6.24. The van der Waals surface area contributed by atoms with Crippen LogP contribution in [0.15, 0.2) is 60.7 Å². The van der Waals surface area contributed by atoms with E-state index in [4.69, 9.17) is 24.9 Å². The number of benzene rings is 3. The molecule has 0 spiro atoms. The van der Waals surface area contributed by atoms with Gasteiger partial charge in [0.2, 0.25) is 5.91 Å². The molecule has 0 radical (unpaired) electrons. The number of halogens is 1. The molecule has 43 heavy (non-hydrogen) atoms. The van der Waals surface area contributed by atoms with Crippen LogP contribution in [-0.2, 0) is 22.5 Å². The van der Waals surface area contributed by atoms with E-state index in [1.54, 1.807) is 13.2 Å². The summed E-state index contributed by atoms with van der Waals surface area (Å²) in [6.45, 7) is 3.69. The quantitative estimate of drug-likeness (QED) is 0.253. The fourth-order valence-electron chi connectivity index (χ4n) is 6.24. The third-order valence-electron chi connectivity index (χ3n) is 8.39. The zero-order valence-electron chi connectivity index (χ0n) is 24.6. The Labute approximate surface area is 251 Å². The Morgan fingerprint density at radius 1 is 1.09 bits per heavy atom.